The Hall–Kier alpha value is -1.49. The van der Waals surface area contributed by atoms with Gasteiger partial charge >= 0.3 is 6.03 Å². The van der Waals surface area contributed by atoms with Crippen molar-refractivity contribution in [3.63, 3.8) is 0 Å². The number of hydrogen-bond acceptors (Lipinski definition) is 3. The number of nitrogens with one attached hydrogen (secondary N) is 2. The van der Waals surface area contributed by atoms with Crippen LogP contribution in [-0.2, 0) is 0 Å². The first-order valence-corrected chi connectivity index (χ1v) is 8.72. The zero-order valence-electron chi connectivity index (χ0n) is 15.5. The van der Waals surface area contributed by atoms with Gasteiger partial charge in [0.05, 0.1) is 6.04 Å². The summed E-state index contributed by atoms with van der Waals surface area (Å²) in [5, 5.41) is 5.94. The fraction of sp³-hybridized carbons (Fsp3) is 0.722. The highest BCUT2D eigenvalue weighted by Crippen LogP contribution is 2.15. The third-order valence-corrected chi connectivity index (χ3v) is 4.11. The fourth-order valence-corrected chi connectivity index (χ4v) is 2.86. The highest BCUT2D eigenvalue weighted by atomic mass is 16.3. The minimum Gasteiger partial charge on any atom is -0.464 e. The van der Waals surface area contributed by atoms with Crippen molar-refractivity contribution in [2.45, 2.75) is 60.0 Å². The molecule has 0 bridgehead atoms. The monoisotopic (exact) mass is 323 g/mol. The van der Waals surface area contributed by atoms with Gasteiger partial charge in [-0.2, -0.15) is 0 Å². The standard InChI is InChI=1S/C18H33N3O2/c1-7-21(8-2)16(11-13(3)4)12-19-18(22)20-15(6)17-10-9-14(5)23-17/h9-10,13,15-16H,7-8,11-12H2,1-6H3,(H2,19,20,22). The molecule has 0 aromatic carbocycles. The van der Waals surface area contributed by atoms with E-state index in [4.69, 9.17) is 4.42 Å². The van der Waals surface area contributed by atoms with Gasteiger partial charge in [0, 0.05) is 12.6 Å². The molecule has 2 amide bonds. The number of carbonyl (C=O) groups excluding carboxylic acids is 1. The van der Waals surface area contributed by atoms with Crippen molar-refractivity contribution in [2.75, 3.05) is 19.6 Å². The van der Waals surface area contributed by atoms with Crippen LogP contribution in [0.1, 0.15) is 58.6 Å². The molecular formula is C18H33N3O2. The smallest absolute Gasteiger partial charge is 0.315 e. The molecule has 0 aliphatic rings. The van der Waals surface area contributed by atoms with Crippen LogP contribution in [0.2, 0.25) is 0 Å². The minimum absolute atomic E-state index is 0.138. The van der Waals surface area contributed by atoms with Crippen LogP contribution in [0.4, 0.5) is 4.79 Å². The lowest BCUT2D eigenvalue weighted by atomic mass is 10.0. The summed E-state index contributed by atoms with van der Waals surface area (Å²) in [7, 11) is 0. The summed E-state index contributed by atoms with van der Waals surface area (Å²) < 4.78 is 5.55. The molecule has 1 aromatic rings. The predicted octanol–water partition coefficient (Wildman–Crippen LogP) is 3.70. The van der Waals surface area contributed by atoms with E-state index in [1.807, 2.05) is 26.0 Å². The molecule has 0 radical (unpaired) electrons. The molecular weight excluding hydrogens is 290 g/mol. The molecule has 0 spiro atoms. The Morgan fingerprint density at radius 2 is 1.87 bits per heavy atom. The van der Waals surface area contributed by atoms with Gasteiger partial charge in [-0.3, -0.25) is 4.90 Å². The molecule has 1 aromatic heterocycles. The van der Waals surface area contributed by atoms with Gasteiger partial charge in [-0.1, -0.05) is 27.7 Å². The zero-order valence-corrected chi connectivity index (χ0v) is 15.5. The SMILES string of the molecule is CCN(CC)C(CNC(=O)NC(C)c1ccc(C)o1)CC(C)C. The first kappa shape index (κ1) is 19.6. The molecule has 0 saturated heterocycles. The van der Waals surface area contributed by atoms with Crippen molar-refractivity contribution < 1.29 is 9.21 Å². The minimum atomic E-state index is -0.146. The van der Waals surface area contributed by atoms with E-state index in [0.29, 0.717) is 18.5 Å². The topological polar surface area (TPSA) is 57.5 Å². The van der Waals surface area contributed by atoms with Gasteiger partial charge in [-0.15, -0.1) is 0 Å². The maximum atomic E-state index is 12.1. The van der Waals surface area contributed by atoms with Gasteiger partial charge < -0.3 is 15.1 Å². The lowest BCUT2D eigenvalue weighted by molar-refractivity contribution is 0.183. The number of rotatable bonds is 9. The van der Waals surface area contributed by atoms with E-state index >= 15 is 0 Å². The first-order valence-electron chi connectivity index (χ1n) is 8.72. The fourth-order valence-electron chi connectivity index (χ4n) is 2.86. The summed E-state index contributed by atoms with van der Waals surface area (Å²) in [4.78, 5) is 14.5. The van der Waals surface area contributed by atoms with Crippen molar-refractivity contribution in [1.29, 1.82) is 0 Å². The molecule has 5 heteroatoms. The molecule has 0 aliphatic carbocycles. The molecule has 132 valence electrons. The summed E-state index contributed by atoms with van der Waals surface area (Å²) in [6.07, 6.45) is 1.08. The molecule has 2 N–H and O–H groups in total. The Labute approximate surface area is 140 Å². The number of likely N-dealkylation sites (N-methyl/N-ethyl adjacent to an activating group) is 1. The van der Waals surface area contributed by atoms with E-state index in [9.17, 15) is 4.79 Å². The van der Waals surface area contributed by atoms with Crippen molar-refractivity contribution in [3.05, 3.63) is 23.7 Å². The largest absolute Gasteiger partial charge is 0.464 e. The Balaban J connectivity index is 2.50. The van der Waals surface area contributed by atoms with Gasteiger partial charge in [0.15, 0.2) is 0 Å². The molecule has 0 fully saturated rings. The number of hydrogen-bond donors (Lipinski definition) is 2. The normalized spacial score (nSPS) is 14.1. The van der Waals surface area contributed by atoms with Gasteiger partial charge in [0.1, 0.15) is 11.5 Å². The van der Waals surface area contributed by atoms with E-state index in [1.54, 1.807) is 0 Å². The Bertz CT molecular complexity index is 467. The van der Waals surface area contributed by atoms with Crippen molar-refractivity contribution in [1.82, 2.24) is 15.5 Å². The Kier molecular flexibility index (Phi) is 8.17. The molecule has 0 saturated carbocycles. The van der Waals surface area contributed by atoms with Crippen molar-refractivity contribution in [3.8, 4) is 0 Å². The maximum absolute atomic E-state index is 12.1. The summed E-state index contributed by atoms with van der Waals surface area (Å²) in [6.45, 7) is 15.3. The lowest BCUT2D eigenvalue weighted by Crippen LogP contribution is -2.47. The predicted molar refractivity (Wildman–Crippen MR) is 94.6 cm³/mol. The maximum Gasteiger partial charge on any atom is 0.315 e. The summed E-state index contributed by atoms with van der Waals surface area (Å²) >= 11 is 0. The average Bonchev–Trinajstić information content (AvgIpc) is 2.92. The van der Waals surface area contributed by atoms with Crippen LogP contribution in [-0.4, -0.2) is 36.6 Å². The molecule has 1 rings (SSSR count). The number of nitrogens with zero attached hydrogens (tertiary/aromatic N) is 1. The number of carbonyl (C=O) groups is 1. The average molecular weight is 323 g/mol. The van der Waals surface area contributed by atoms with E-state index in [1.165, 1.54) is 0 Å². The van der Waals surface area contributed by atoms with Gasteiger partial charge in [-0.05, 0) is 51.4 Å². The van der Waals surface area contributed by atoms with Gasteiger partial charge in [0.25, 0.3) is 0 Å². The van der Waals surface area contributed by atoms with Gasteiger partial charge in [-0.25, -0.2) is 4.79 Å². The van der Waals surface area contributed by atoms with Crippen LogP contribution >= 0.6 is 0 Å². The molecule has 1 heterocycles. The van der Waals surface area contributed by atoms with Crippen LogP contribution < -0.4 is 10.6 Å². The van der Waals surface area contributed by atoms with E-state index in [-0.39, 0.29) is 12.1 Å². The van der Waals surface area contributed by atoms with Crippen LogP contribution in [0, 0.1) is 12.8 Å². The number of amides is 2. The number of furan rings is 1. The van der Waals surface area contributed by atoms with Crippen molar-refractivity contribution in [2.24, 2.45) is 5.92 Å². The van der Waals surface area contributed by atoms with E-state index < -0.39 is 0 Å². The van der Waals surface area contributed by atoms with E-state index in [2.05, 4.69) is 43.2 Å². The second-order valence-electron chi connectivity index (χ2n) is 6.53. The Morgan fingerprint density at radius 1 is 1.22 bits per heavy atom. The third-order valence-electron chi connectivity index (χ3n) is 4.11. The second-order valence-corrected chi connectivity index (χ2v) is 6.53. The zero-order chi connectivity index (χ0) is 17.4. The highest BCUT2D eigenvalue weighted by molar-refractivity contribution is 5.74. The van der Waals surface area contributed by atoms with Crippen LogP contribution in [0.5, 0.6) is 0 Å². The third kappa shape index (κ3) is 6.65. The van der Waals surface area contributed by atoms with Crippen LogP contribution in [0.3, 0.4) is 0 Å². The summed E-state index contributed by atoms with van der Waals surface area (Å²) in [5.74, 6) is 2.24. The molecule has 2 atom stereocenters. The first-order chi connectivity index (χ1) is 10.9. The van der Waals surface area contributed by atoms with Gasteiger partial charge in [0.2, 0.25) is 0 Å². The summed E-state index contributed by atoms with van der Waals surface area (Å²) in [6, 6.07) is 3.90. The van der Waals surface area contributed by atoms with Crippen LogP contribution in [0.25, 0.3) is 0 Å². The highest BCUT2D eigenvalue weighted by Gasteiger charge is 2.19. The Morgan fingerprint density at radius 3 is 2.35 bits per heavy atom. The lowest BCUT2D eigenvalue weighted by Gasteiger charge is -2.31. The number of aryl methyl sites for hydroxylation is 1. The molecule has 23 heavy (non-hydrogen) atoms. The number of urea groups is 1. The van der Waals surface area contributed by atoms with Crippen molar-refractivity contribution >= 4 is 6.03 Å². The summed E-state index contributed by atoms with van der Waals surface area (Å²) in [5.41, 5.74) is 0. The molecule has 2 unspecified atom stereocenters. The quantitative estimate of drug-likeness (QED) is 0.728. The van der Waals surface area contributed by atoms with E-state index in [0.717, 1.165) is 31.0 Å². The van der Waals surface area contributed by atoms with Crippen LogP contribution in [0.15, 0.2) is 16.5 Å². The molecule has 0 aliphatic heterocycles. The molecule has 5 nitrogen and oxygen atoms in total. The second kappa shape index (κ2) is 9.60.